The molecule has 0 saturated carbocycles. The average molecular weight is 454 g/mol. The predicted octanol–water partition coefficient (Wildman–Crippen LogP) is 4.67. The molecule has 0 saturated heterocycles. The van der Waals surface area contributed by atoms with E-state index in [2.05, 4.69) is 62.8 Å². The summed E-state index contributed by atoms with van der Waals surface area (Å²) >= 11 is 7.63. The number of hydrogen-bond acceptors (Lipinski definition) is 4. The van der Waals surface area contributed by atoms with Crippen molar-refractivity contribution in [2.45, 2.75) is 22.6 Å². The van der Waals surface area contributed by atoms with Crippen LogP contribution in [0.3, 0.4) is 0 Å². The van der Waals surface area contributed by atoms with Crippen molar-refractivity contribution >= 4 is 37.6 Å². The highest BCUT2D eigenvalue weighted by Gasteiger charge is 2.47. The number of rotatable bonds is 3. The molecule has 4 nitrogen and oxygen atoms in total. The summed E-state index contributed by atoms with van der Waals surface area (Å²) in [5.41, 5.74) is 3.57. The molecule has 0 spiro atoms. The number of fused-ring (bicyclic) bond motifs is 1. The highest BCUT2D eigenvalue weighted by molar-refractivity contribution is 9.24. The largest absolute Gasteiger partial charge is 0.491 e. The molecule has 24 heavy (non-hydrogen) atoms. The van der Waals surface area contributed by atoms with Gasteiger partial charge in [-0.3, -0.25) is 4.99 Å². The van der Waals surface area contributed by atoms with Gasteiger partial charge in [0.2, 0.25) is 0 Å². The zero-order chi connectivity index (χ0) is 17.5. The lowest BCUT2D eigenvalue weighted by molar-refractivity contribution is 0.343. The first-order valence-corrected chi connectivity index (χ1v) is 9.06. The second kappa shape index (κ2) is 6.15. The maximum Gasteiger partial charge on any atom is 0.256 e. The van der Waals surface area contributed by atoms with Gasteiger partial charge in [-0.05, 0) is 25.5 Å². The predicted molar refractivity (Wildman–Crippen MR) is 103 cm³/mol. The maximum atomic E-state index is 5.39. The lowest BCUT2D eigenvalue weighted by Gasteiger charge is -2.41. The Morgan fingerprint density at radius 1 is 1.04 bits per heavy atom. The molecule has 1 aliphatic heterocycles. The van der Waals surface area contributed by atoms with Crippen molar-refractivity contribution in [3.05, 3.63) is 53.2 Å². The molecule has 1 aromatic carbocycles. The molecule has 0 amide bonds. The number of aromatic nitrogens is 1. The lowest BCUT2D eigenvalue weighted by Crippen LogP contribution is -2.41. The van der Waals surface area contributed by atoms with Gasteiger partial charge in [0.25, 0.3) is 5.88 Å². The molecule has 0 N–H and O–H groups in total. The van der Waals surface area contributed by atoms with Crippen LogP contribution in [0.5, 0.6) is 11.6 Å². The summed E-state index contributed by atoms with van der Waals surface area (Å²) in [6.07, 6.45) is 1.77. The molecule has 2 heterocycles. The highest BCUT2D eigenvalue weighted by Crippen LogP contribution is 2.53. The molecule has 0 radical (unpaired) electrons. The van der Waals surface area contributed by atoms with E-state index in [0.29, 0.717) is 11.6 Å². The van der Waals surface area contributed by atoms with E-state index in [0.717, 1.165) is 22.4 Å². The second-order valence-electron chi connectivity index (χ2n) is 6.07. The average Bonchev–Trinajstić information content (AvgIpc) is 2.58. The van der Waals surface area contributed by atoms with Gasteiger partial charge < -0.3 is 9.47 Å². The minimum Gasteiger partial charge on any atom is -0.491 e. The Morgan fingerprint density at radius 3 is 2.42 bits per heavy atom. The molecule has 0 aliphatic carbocycles. The molecule has 6 heteroatoms. The van der Waals surface area contributed by atoms with Crippen LogP contribution in [0.4, 0.5) is 0 Å². The van der Waals surface area contributed by atoms with Crippen LogP contribution in [0, 0.1) is 0 Å². The Hall–Kier alpha value is -1.40. The molecule has 126 valence electrons. The van der Waals surface area contributed by atoms with Crippen molar-refractivity contribution in [2.24, 2.45) is 4.99 Å². The van der Waals surface area contributed by atoms with E-state index in [4.69, 9.17) is 14.5 Å². The van der Waals surface area contributed by atoms with Crippen LogP contribution in [0.1, 0.15) is 30.5 Å². The molecule has 0 atom stereocenters. The minimum absolute atomic E-state index is 0.399. The number of hydrogen-bond donors (Lipinski definition) is 0. The van der Waals surface area contributed by atoms with Gasteiger partial charge in [0, 0.05) is 17.3 Å². The summed E-state index contributed by atoms with van der Waals surface area (Å²) in [7, 11) is 3.18. The fourth-order valence-electron chi connectivity index (χ4n) is 2.78. The first kappa shape index (κ1) is 17.4. The summed E-state index contributed by atoms with van der Waals surface area (Å²) < 4.78 is 10.2. The second-order valence-corrected chi connectivity index (χ2v) is 9.52. The Balaban J connectivity index is 2.23. The van der Waals surface area contributed by atoms with Gasteiger partial charge >= 0.3 is 0 Å². The van der Waals surface area contributed by atoms with Crippen molar-refractivity contribution in [3.63, 3.8) is 0 Å². The van der Waals surface area contributed by atoms with E-state index in [9.17, 15) is 0 Å². The fraction of sp³-hybridized carbons (Fsp3) is 0.333. The van der Waals surface area contributed by atoms with Crippen LogP contribution in [-0.2, 0) is 3.23 Å². The van der Waals surface area contributed by atoms with Crippen molar-refractivity contribution in [1.82, 2.24) is 4.98 Å². The molecular formula is C18H18Br2N2O2. The Morgan fingerprint density at radius 2 is 1.75 bits per heavy atom. The van der Waals surface area contributed by atoms with E-state index < -0.39 is 8.77 Å². The molecule has 1 aromatic heterocycles. The van der Waals surface area contributed by atoms with Crippen LogP contribution in [0.25, 0.3) is 0 Å². The van der Waals surface area contributed by atoms with E-state index in [1.807, 2.05) is 18.2 Å². The fourth-order valence-corrected chi connectivity index (χ4v) is 3.65. The van der Waals surface area contributed by atoms with Gasteiger partial charge in [0.05, 0.1) is 25.5 Å². The van der Waals surface area contributed by atoms with Gasteiger partial charge in [-0.1, -0.05) is 56.1 Å². The number of alkyl halides is 2. The molecule has 3 rings (SSSR count). The summed E-state index contributed by atoms with van der Waals surface area (Å²) in [6.45, 7) is 4.17. The smallest absolute Gasteiger partial charge is 0.256 e. The SMILES string of the molecule is COc1cc(C2=NC(C)(C)C(Br)(Br)c3ccccc32)cnc1OC. The summed E-state index contributed by atoms with van der Waals surface area (Å²) in [5.74, 6) is 1.04. The van der Waals surface area contributed by atoms with Gasteiger partial charge in [0.15, 0.2) is 5.75 Å². The van der Waals surface area contributed by atoms with Gasteiger partial charge in [-0.25, -0.2) is 4.98 Å². The third-order valence-corrected chi connectivity index (χ3v) is 6.98. The van der Waals surface area contributed by atoms with Crippen LogP contribution < -0.4 is 9.47 Å². The summed E-state index contributed by atoms with van der Waals surface area (Å²) in [5, 5.41) is 0. The zero-order valence-electron chi connectivity index (χ0n) is 13.9. The van der Waals surface area contributed by atoms with E-state index in [-0.39, 0.29) is 0 Å². The van der Waals surface area contributed by atoms with E-state index >= 15 is 0 Å². The van der Waals surface area contributed by atoms with E-state index in [1.54, 1.807) is 20.4 Å². The van der Waals surface area contributed by atoms with Gasteiger partial charge in [-0.2, -0.15) is 0 Å². The van der Waals surface area contributed by atoms with Crippen LogP contribution in [0.15, 0.2) is 41.5 Å². The number of benzene rings is 1. The Kier molecular flexibility index (Phi) is 4.47. The number of methoxy groups -OCH3 is 2. The zero-order valence-corrected chi connectivity index (χ0v) is 17.1. The highest BCUT2D eigenvalue weighted by atomic mass is 79.9. The maximum absolute atomic E-state index is 5.39. The van der Waals surface area contributed by atoms with Crippen LogP contribution in [0.2, 0.25) is 0 Å². The van der Waals surface area contributed by atoms with Crippen LogP contribution >= 0.6 is 31.9 Å². The number of aliphatic imine (C=N–C) groups is 1. The standard InChI is InChI=1S/C18H18Br2N2O2/c1-17(2)18(19,20)13-8-6-5-7-12(13)15(22-17)11-9-14(23-3)16(24-4)21-10-11/h5-10H,1-4H3. The lowest BCUT2D eigenvalue weighted by atomic mass is 9.85. The molecule has 0 bridgehead atoms. The summed E-state index contributed by atoms with van der Waals surface area (Å²) in [6, 6.07) is 10.1. The Bertz CT molecular complexity index is 816. The monoisotopic (exact) mass is 452 g/mol. The molecular weight excluding hydrogens is 436 g/mol. The normalized spacial score (nSPS) is 17.7. The number of halogens is 2. The van der Waals surface area contributed by atoms with Crippen molar-refractivity contribution < 1.29 is 9.47 Å². The quantitative estimate of drug-likeness (QED) is 0.634. The van der Waals surface area contributed by atoms with Crippen molar-refractivity contribution in [3.8, 4) is 11.6 Å². The first-order valence-electron chi connectivity index (χ1n) is 7.48. The third kappa shape index (κ3) is 2.65. The van der Waals surface area contributed by atoms with Crippen LogP contribution in [-0.4, -0.2) is 30.5 Å². The third-order valence-electron chi connectivity index (χ3n) is 4.19. The summed E-state index contributed by atoms with van der Waals surface area (Å²) in [4.78, 5) is 9.34. The van der Waals surface area contributed by atoms with Crippen molar-refractivity contribution in [1.29, 1.82) is 0 Å². The number of pyridine rings is 1. The first-order chi connectivity index (χ1) is 11.3. The minimum atomic E-state index is -0.433. The number of ether oxygens (including phenoxy) is 2. The van der Waals surface area contributed by atoms with Crippen molar-refractivity contribution in [2.75, 3.05) is 14.2 Å². The Labute approximate surface area is 158 Å². The van der Waals surface area contributed by atoms with Gasteiger partial charge in [0.1, 0.15) is 3.23 Å². The van der Waals surface area contributed by atoms with E-state index in [1.165, 1.54) is 0 Å². The molecule has 2 aromatic rings. The molecule has 0 fully saturated rings. The number of nitrogens with zero attached hydrogens (tertiary/aromatic N) is 2. The topological polar surface area (TPSA) is 43.7 Å². The molecule has 0 unspecified atom stereocenters. The molecule has 1 aliphatic rings. The van der Waals surface area contributed by atoms with Gasteiger partial charge in [-0.15, -0.1) is 0 Å².